The van der Waals surface area contributed by atoms with E-state index in [4.69, 9.17) is 10.8 Å². The Morgan fingerprint density at radius 1 is 1.67 bits per heavy atom. The van der Waals surface area contributed by atoms with Crippen molar-refractivity contribution < 1.29 is 14.7 Å². The van der Waals surface area contributed by atoms with Crippen LogP contribution in [0.4, 0.5) is 11.5 Å². The second-order valence-corrected chi connectivity index (χ2v) is 4.22. The molecule has 1 fully saturated rings. The lowest BCUT2D eigenvalue weighted by molar-refractivity contribution is -0.127. The first kappa shape index (κ1) is 12.2. The van der Waals surface area contributed by atoms with Gasteiger partial charge in [0.1, 0.15) is 17.4 Å². The number of nitrogens with two attached hydrogens (primary N) is 1. The van der Waals surface area contributed by atoms with Crippen molar-refractivity contribution >= 4 is 23.4 Å². The number of hydrogen-bond acceptors (Lipinski definition) is 5. The third-order valence-corrected chi connectivity index (χ3v) is 2.88. The van der Waals surface area contributed by atoms with E-state index >= 15 is 0 Å². The molecule has 4 N–H and O–H groups in total. The molecule has 2 heterocycles. The Hall–Kier alpha value is -2.31. The summed E-state index contributed by atoms with van der Waals surface area (Å²) < 4.78 is 0. The van der Waals surface area contributed by atoms with Gasteiger partial charge in [-0.1, -0.05) is 0 Å². The number of nitrogen functional groups attached to an aromatic ring is 1. The fraction of sp³-hybridized carbons (Fsp3) is 0.364. The van der Waals surface area contributed by atoms with Crippen molar-refractivity contribution in [2.75, 3.05) is 24.6 Å². The number of likely N-dealkylation sites (N-methyl/N-ethyl adjacent to an activating group) is 1. The molecule has 7 nitrogen and oxygen atoms in total. The number of aromatic carboxylic acids is 1. The molecule has 1 aliphatic rings. The molecule has 1 aromatic rings. The molecule has 0 bridgehead atoms. The second kappa shape index (κ2) is 4.52. The highest BCUT2D eigenvalue weighted by molar-refractivity contribution is 5.95. The number of hydrogen-bond donors (Lipinski definition) is 3. The largest absolute Gasteiger partial charge is 0.478 e. The molecule has 1 saturated heterocycles. The standard InChI is InChI=1S/C11H14N4O3/c1-15-3-2-8(10(15)16)14-9-7(11(17)18)4-6(12)5-13-9/h4-5,8H,2-3,12H2,1H3,(H,13,14)(H,17,18). The summed E-state index contributed by atoms with van der Waals surface area (Å²) in [5.74, 6) is -1.02. The first-order valence-corrected chi connectivity index (χ1v) is 5.49. The molecular weight excluding hydrogens is 236 g/mol. The average Bonchev–Trinajstić information content (AvgIpc) is 2.63. The van der Waals surface area contributed by atoms with E-state index in [0.29, 0.717) is 13.0 Å². The van der Waals surface area contributed by atoms with E-state index in [1.807, 2.05) is 0 Å². The maximum Gasteiger partial charge on any atom is 0.339 e. The zero-order valence-electron chi connectivity index (χ0n) is 9.88. The second-order valence-electron chi connectivity index (χ2n) is 4.22. The van der Waals surface area contributed by atoms with Crippen molar-refractivity contribution in [1.29, 1.82) is 0 Å². The molecule has 0 spiro atoms. The fourth-order valence-electron chi connectivity index (χ4n) is 1.88. The van der Waals surface area contributed by atoms with E-state index in [-0.39, 0.29) is 23.0 Å². The summed E-state index contributed by atoms with van der Waals surface area (Å²) in [7, 11) is 1.71. The SMILES string of the molecule is CN1CCC(Nc2ncc(N)cc2C(=O)O)C1=O. The molecule has 0 radical (unpaired) electrons. The minimum absolute atomic E-state index is 0.0302. The molecule has 0 aliphatic carbocycles. The number of aromatic nitrogens is 1. The van der Waals surface area contributed by atoms with Gasteiger partial charge in [0.25, 0.3) is 0 Å². The van der Waals surface area contributed by atoms with E-state index in [0.717, 1.165) is 0 Å². The number of likely N-dealkylation sites (tertiary alicyclic amines) is 1. The van der Waals surface area contributed by atoms with Crippen LogP contribution in [0.1, 0.15) is 16.8 Å². The summed E-state index contributed by atoms with van der Waals surface area (Å²) >= 11 is 0. The van der Waals surface area contributed by atoms with E-state index in [1.165, 1.54) is 12.3 Å². The zero-order valence-corrected chi connectivity index (χ0v) is 9.88. The maximum absolute atomic E-state index is 11.7. The molecule has 2 rings (SSSR count). The summed E-state index contributed by atoms with van der Waals surface area (Å²) in [5.41, 5.74) is 5.73. The predicted molar refractivity (Wildman–Crippen MR) is 65.3 cm³/mol. The normalized spacial score (nSPS) is 19.1. The first-order chi connectivity index (χ1) is 8.49. The van der Waals surface area contributed by atoms with Gasteiger partial charge in [-0.05, 0) is 12.5 Å². The van der Waals surface area contributed by atoms with Crippen LogP contribution in [0.5, 0.6) is 0 Å². The number of rotatable bonds is 3. The Labute approximate surface area is 104 Å². The Balaban J connectivity index is 2.24. The number of amides is 1. The predicted octanol–water partition coefficient (Wildman–Crippen LogP) is 0.00460. The van der Waals surface area contributed by atoms with E-state index in [9.17, 15) is 9.59 Å². The van der Waals surface area contributed by atoms with E-state index < -0.39 is 12.0 Å². The molecule has 1 atom stereocenters. The molecule has 0 aromatic carbocycles. The molecule has 18 heavy (non-hydrogen) atoms. The van der Waals surface area contributed by atoms with Gasteiger partial charge in [0, 0.05) is 13.6 Å². The number of nitrogens with zero attached hydrogens (tertiary/aromatic N) is 2. The van der Waals surface area contributed by atoms with Crippen LogP contribution in [0, 0.1) is 0 Å². The lowest BCUT2D eigenvalue weighted by atomic mass is 10.2. The van der Waals surface area contributed by atoms with Crippen molar-refractivity contribution in [1.82, 2.24) is 9.88 Å². The molecule has 1 aromatic heterocycles. The molecular formula is C11H14N4O3. The minimum atomic E-state index is -1.13. The quantitative estimate of drug-likeness (QED) is 0.697. The molecule has 1 unspecified atom stereocenters. The molecule has 96 valence electrons. The first-order valence-electron chi connectivity index (χ1n) is 5.49. The summed E-state index contributed by atoms with van der Waals surface area (Å²) in [5, 5.41) is 11.9. The third-order valence-electron chi connectivity index (χ3n) is 2.88. The summed E-state index contributed by atoms with van der Waals surface area (Å²) in [6.07, 6.45) is 1.98. The Bertz CT molecular complexity index is 503. The lowest BCUT2D eigenvalue weighted by Crippen LogP contribution is -2.31. The number of anilines is 2. The van der Waals surface area contributed by atoms with E-state index in [1.54, 1.807) is 11.9 Å². The van der Waals surface area contributed by atoms with Gasteiger partial charge in [-0.3, -0.25) is 4.79 Å². The maximum atomic E-state index is 11.7. The number of carbonyl (C=O) groups excluding carboxylic acids is 1. The van der Waals surface area contributed by atoms with Gasteiger partial charge >= 0.3 is 5.97 Å². The lowest BCUT2D eigenvalue weighted by Gasteiger charge is -2.14. The molecule has 0 saturated carbocycles. The van der Waals surface area contributed by atoms with Crippen LogP contribution in [-0.4, -0.2) is 46.5 Å². The smallest absolute Gasteiger partial charge is 0.339 e. The van der Waals surface area contributed by atoms with Crippen molar-refractivity contribution in [3.8, 4) is 0 Å². The monoisotopic (exact) mass is 250 g/mol. The summed E-state index contributed by atoms with van der Waals surface area (Å²) in [6.45, 7) is 0.647. The van der Waals surface area contributed by atoms with Crippen LogP contribution in [0.25, 0.3) is 0 Å². The van der Waals surface area contributed by atoms with Crippen LogP contribution in [0.15, 0.2) is 12.3 Å². The highest BCUT2D eigenvalue weighted by Gasteiger charge is 2.30. The molecule has 1 amide bonds. The Morgan fingerprint density at radius 2 is 2.39 bits per heavy atom. The van der Waals surface area contributed by atoms with Crippen LogP contribution in [0.3, 0.4) is 0 Å². The summed E-state index contributed by atoms with van der Waals surface area (Å²) in [4.78, 5) is 28.3. The van der Waals surface area contributed by atoms with Gasteiger partial charge in [0.05, 0.1) is 11.9 Å². The number of carbonyl (C=O) groups is 2. The van der Waals surface area contributed by atoms with Gasteiger partial charge < -0.3 is 21.1 Å². The number of carboxylic acid groups (broad SMARTS) is 1. The highest BCUT2D eigenvalue weighted by atomic mass is 16.4. The van der Waals surface area contributed by atoms with Crippen molar-refractivity contribution in [2.45, 2.75) is 12.5 Å². The van der Waals surface area contributed by atoms with Crippen LogP contribution >= 0.6 is 0 Å². The third kappa shape index (κ3) is 2.20. The zero-order chi connectivity index (χ0) is 13.3. The van der Waals surface area contributed by atoms with Gasteiger partial charge in [-0.15, -0.1) is 0 Å². The highest BCUT2D eigenvalue weighted by Crippen LogP contribution is 2.19. The van der Waals surface area contributed by atoms with Crippen molar-refractivity contribution in [3.05, 3.63) is 17.8 Å². The van der Waals surface area contributed by atoms with E-state index in [2.05, 4.69) is 10.3 Å². The van der Waals surface area contributed by atoms with Crippen molar-refractivity contribution in [3.63, 3.8) is 0 Å². The number of nitrogens with one attached hydrogen (secondary N) is 1. The van der Waals surface area contributed by atoms with Gasteiger partial charge in [0.2, 0.25) is 5.91 Å². The van der Waals surface area contributed by atoms with Crippen LogP contribution < -0.4 is 11.1 Å². The summed E-state index contributed by atoms with van der Waals surface area (Å²) in [6, 6.07) is 0.894. The number of carboxylic acids is 1. The average molecular weight is 250 g/mol. The van der Waals surface area contributed by atoms with Crippen molar-refractivity contribution in [2.24, 2.45) is 0 Å². The minimum Gasteiger partial charge on any atom is -0.478 e. The van der Waals surface area contributed by atoms with Gasteiger partial charge in [-0.25, -0.2) is 9.78 Å². The van der Waals surface area contributed by atoms with Gasteiger partial charge in [0.15, 0.2) is 0 Å². The van der Waals surface area contributed by atoms with Crippen LogP contribution in [0.2, 0.25) is 0 Å². The molecule has 1 aliphatic heterocycles. The van der Waals surface area contributed by atoms with Crippen LogP contribution in [-0.2, 0) is 4.79 Å². The Kier molecular flexibility index (Phi) is 3.05. The Morgan fingerprint density at radius 3 is 2.94 bits per heavy atom. The van der Waals surface area contributed by atoms with Gasteiger partial charge in [-0.2, -0.15) is 0 Å². The molecule has 7 heteroatoms. The number of pyridine rings is 1. The fourth-order valence-corrected chi connectivity index (χ4v) is 1.88. The topological polar surface area (TPSA) is 109 Å².